The van der Waals surface area contributed by atoms with Crippen LogP contribution in [0.2, 0.25) is 0 Å². The van der Waals surface area contributed by atoms with Crippen molar-refractivity contribution in [2.45, 2.75) is 43.7 Å². The van der Waals surface area contributed by atoms with Gasteiger partial charge in [-0.3, -0.25) is 4.79 Å². The van der Waals surface area contributed by atoms with Crippen molar-refractivity contribution in [3.05, 3.63) is 66.0 Å². The van der Waals surface area contributed by atoms with E-state index in [0.29, 0.717) is 25.1 Å². The van der Waals surface area contributed by atoms with Gasteiger partial charge in [0, 0.05) is 19.6 Å². The molecule has 28 heavy (non-hydrogen) atoms. The SMILES string of the molecule is CCN(Cc1cccc(F)c1)C(=O)C1CCCCN1S(=O)(=O)c1ccccc1. The molecule has 0 spiro atoms. The zero-order chi connectivity index (χ0) is 20.1. The fraction of sp³-hybridized carbons (Fsp3) is 0.381. The molecule has 2 aromatic rings. The maximum Gasteiger partial charge on any atom is 0.243 e. The number of amides is 1. The third-order valence-corrected chi connectivity index (χ3v) is 6.97. The summed E-state index contributed by atoms with van der Waals surface area (Å²) in [6.07, 6.45) is 2.02. The molecule has 1 aliphatic rings. The van der Waals surface area contributed by atoms with Crippen molar-refractivity contribution in [1.82, 2.24) is 9.21 Å². The Labute approximate surface area is 165 Å². The number of likely N-dealkylation sites (N-methyl/N-ethyl adjacent to an activating group) is 1. The quantitative estimate of drug-likeness (QED) is 0.741. The monoisotopic (exact) mass is 404 g/mol. The van der Waals surface area contributed by atoms with Crippen molar-refractivity contribution in [3.8, 4) is 0 Å². The number of benzene rings is 2. The predicted molar refractivity (Wildman–Crippen MR) is 105 cm³/mol. The van der Waals surface area contributed by atoms with E-state index < -0.39 is 16.1 Å². The average Bonchev–Trinajstić information content (AvgIpc) is 2.72. The van der Waals surface area contributed by atoms with E-state index in [1.807, 2.05) is 6.92 Å². The van der Waals surface area contributed by atoms with Crippen molar-refractivity contribution < 1.29 is 17.6 Å². The summed E-state index contributed by atoms with van der Waals surface area (Å²) in [6.45, 7) is 2.84. The highest BCUT2D eigenvalue weighted by atomic mass is 32.2. The molecule has 0 N–H and O–H groups in total. The van der Waals surface area contributed by atoms with E-state index in [4.69, 9.17) is 0 Å². The average molecular weight is 405 g/mol. The molecule has 3 rings (SSSR count). The van der Waals surface area contributed by atoms with Crippen molar-refractivity contribution >= 4 is 15.9 Å². The molecule has 1 fully saturated rings. The molecule has 1 aliphatic heterocycles. The number of carbonyl (C=O) groups is 1. The molecule has 5 nitrogen and oxygen atoms in total. The van der Waals surface area contributed by atoms with E-state index in [1.54, 1.807) is 47.4 Å². The van der Waals surface area contributed by atoms with Crippen LogP contribution in [0, 0.1) is 5.82 Å². The normalized spacial score (nSPS) is 18.0. The molecule has 1 unspecified atom stereocenters. The van der Waals surface area contributed by atoms with Gasteiger partial charge in [0.1, 0.15) is 11.9 Å². The minimum Gasteiger partial charge on any atom is -0.337 e. The highest BCUT2D eigenvalue weighted by Gasteiger charge is 2.39. The Morgan fingerprint density at radius 2 is 1.89 bits per heavy atom. The molecule has 7 heteroatoms. The van der Waals surface area contributed by atoms with Crippen LogP contribution in [0.3, 0.4) is 0 Å². The van der Waals surface area contributed by atoms with Gasteiger partial charge in [-0.2, -0.15) is 4.31 Å². The maximum absolute atomic E-state index is 13.5. The van der Waals surface area contributed by atoms with E-state index in [2.05, 4.69) is 0 Å². The number of halogens is 1. The first-order valence-electron chi connectivity index (χ1n) is 9.53. The summed E-state index contributed by atoms with van der Waals surface area (Å²) in [5.74, 6) is -0.585. The summed E-state index contributed by atoms with van der Waals surface area (Å²) in [6, 6.07) is 13.6. The van der Waals surface area contributed by atoms with Crippen LogP contribution in [0.1, 0.15) is 31.7 Å². The molecular formula is C21H25FN2O3S. The summed E-state index contributed by atoms with van der Waals surface area (Å²) in [7, 11) is -3.75. The predicted octanol–water partition coefficient (Wildman–Crippen LogP) is 3.42. The van der Waals surface area contributed by atoms with Crippen LogP contribution in [-0.2, 0) is 21.4 Å². The van der Waals surface area contributed by atoms with Crippen LogP contribution < -0.4 is 0 Å². The van der Waals surface area contributed by atoms with E-state index in [1.165, 1.54) is 16.4 Å². The molecule has 150 valence electrons. The number of nitrogens with zero attached hydrogens (tertiary/aromatic N) is 2. The van der Waals surface area contributed by atoms with E-state index in [-0.39, 0.29) is 23.2 Å². The number of carbonyl (C=O) groups excluding carboxylic acids is 1. The van der Waals surface area contributed by atoms with Crippen molar-refractivity contribution in [1.29, 1.82) is 0 Å². The fourth-order valence-corrected chi connectivity index (χ4v) is 5.25. The minimum absolute atomic E-state index is 0.197. The zero-order valence-electron chi connectivity index (χ0n) is 15.9. The molecule has 1 saturated heterocycles. The molecule has 0 saturated carbocycles. The first-order valence-corrected chi connectivity index (χ1v) is 11.0. The molecule has 1 atom stereocenters. The Kier molecular flexibility index (Phi) is 6.46. The van der Waals surface area contributed by atoms with E-state index in [0.717, 1.165) is 12.8 Å². The van der Waals surface area contributed by atoms with Gasteiger partial charge in [0.25, 0.3) is 0 Å². The Morgan fingerprint density at radius 1 is 1.14 bits per heavy atom. The van der Waals surface area contributed by atoms with Crippen LogP contribution in [0.25, 0.3) is 0 Å². The summed E-state index contributed by atoms with van der Waals surface area (Å²) in [5, 5.41) is 0. The van der Waals surface area contributed by atoms with Gasteiger partial charge in [-0.25, -0.2) is 12.8 Å². The van der Waals surface area contributed by atoms with E-state index >= 15 is 0 Å². The zero-order valence-corrected chi connectivity index (χ0v) is 16.7. The van der Waals surface area contributed by atoms with Gasteiger partial charge in [0.15, 0.2) is 0 Å². The lowest BCUT2D eigenvalue weighted by molar-refractivity contribution is -0.136. The van der Waals surface area contributed by atoms with E-state index in [9.17, 15) is 17.6 Å². The van der Waals surface area contributed by atoms with Gasteiger partial charge >= 0.3 is 0 Å². The van der Waals surface area contributed by atoms with Crippen LogP contribution in [0.5, 0.6) is 0 Å². The number of hydrogen-bond acceptors (Lipinski definition) is 3. The molecule has 2 aromatic carbocycles. The second-order valence-corrected chi connectivity index (χ2v) is 8.81. The molecular weight excluding hydrogens is 379 g/mol. The number of rotatable bonds is 6. The third-order valence-electron chi connectivity index (χ3n) is 5.04. The number of hydrogen-bond donors (Lipinski definition) is 0. The topological polar surface area (TPSA) is 57.7 Å². The Hall–Kier alpha value is -2.25. The van der Waals surface area contributed by atoms with Gasteiger partial charge < -0.3 is 4.90 Å². The second kappa shape index (κ2) is 8.84. The molecule has 1 heterocycles. The fourth-order valence-electron chi connectivity index (χ4n) is 3.58. The highest BCUT2D eigenvalue weighted by Crippen LogP contribution is 2.27. The summed E-state index contributed by atoms with van der Waals surface area (Å²) >= 11 is 0. The third kappa shape index (κ3) is 4.42. The Balaban J connectivity index is 1.85. The first kappa shape index (κ1) is 20.5. The van der Waals surface area contributed by atoms with Gasteiger partial charge in [0.2, 0.25) is 15.9 Å². The lowest BCUT2D eigenvalue weighted by Crippen LogP contribution is -2.52. The van der Waals surface area contributed by atoms with Gasteiger partial charge in [-0.15, -0.1) is 0 Å². The lowest BCUT2D eigenvalue weighted by atomic mass is 10.0. The van der Waals surface area contributed by atoms with Gasteiger partial charge in [-0.05, 0) is 49.6 Å². The van der Waals surface area contributed by atoms with Crippen molar-refractivity contribution in [3.63, 3.8) is 0 Å². The van der Waals surface area contributed by atoms with Gasteiger partial charge in [0.05, 0.1) is 4.90 Å². The standard InChI is InChI=1S/C21H25FN2O3S/c1-2-23(16-17-9-8-10-18(22)15-17)21(25)20-13-6-7-14-24(20)28(26,27)19-11-4-3-5-12-19/h3-5,8-12,15,20H,2,6-7,13-14,16H2,1H3. The minimum atomic E-state index is -3.75. The number of sulfonamides is 1. The second-order valence-electron chi connectivity index (χ2n) is 6.92. The van der Waals surface area contributed by atoms with Crippen LogP contribution in [0.4, 0.5) is 4.39 Å². The summed E-state index contributed by atoms with van der Waals surface area (Å²) < 4.78 is 41.1. The van der Waals surface area contributed by atoms with Crippen molar-refractivity contribution in [2.24, 2.45) is 0 Å². The molecule has 0 bridgehead atoms. The van der Waals surface area contributed by atoms with Crippen molar-refractivity contribution in [2.75, 3.05) is 13.1 Å². The largest absolute Gasteiger partial charge is 0.337 e. The smallest absolute Gasteiger partial charge is 0.243 e. The number of piperidine rings is 1. The van der Waals surface area contributed by atoms with Crippen LogP contribution >= 0.6 is 0 Å². The molecule has 0 aliphatic carbocycles. The van der Waals surface area contributed by atoms with Gasteiger partial charge in [-0.1, -0.05) is 36.8 Å². The first-order chi connectivity index (χ1) is 13.4. The highest BCUT2D eigenvalue weighted by molar-refractivity contribution is 7.89. The molecule has 0 radical (unpaired) electrons. The maximum atomic E-state index is 13.5. The Morgan fingerprint density at radius 3 is 2.57 bits per heavy atom. The molecule has 0 aromatic heterocycles. The van der Waals surface area contributed by atoms with Crippen LogP contribution in [-0.4, -0.2) is 42.7 Å². The summed E-state index contributed by atoms with van der Waals surface area (Å²) in [4.78, 5) is 15.0. The summed E-state index contributed by atoms with van der Waals surface area (Å²) in [5.41, 5.74) is 0.684. The molecule has 1 amide bonds. The van der Waals surface area contributed by atoms with Crippen LogP contribution in [0.15, 0.2) is 59.5 Å². The Bertz CT molecular complexity index is 918. The lowest BCUT2D eigenvalue weighted by Gasteiger charge is -2.36.